The third kappa shape index (κ3) is 4.64. The average Bonchev–Trinajstić information content (AvgIpc) is 3.02. The normalized spacial score (nSPS) is 11.5. The summed E-state index contributed by atoms with van der Waals surface area (Å²) in [6, 6.07) is 20.8. The van der Waals surface area contributed by atoms with Crippen molar-refractivity contribution < 1.29 is 0 Å². The summed E-state index contributed by atoms with van der Waals surface area (Å²) in [7, 11) is 2.14. The summed E-state index contributed by atoms with van der Waals surface area (Å²) in [6.45, 7) is 3.88. The molecule has 0 bridgehead atoms. The molecule has 4 heteroatoms. The fraction of sp³-hybridized carbons (Fsp3) is 0.238. The Bertz CT molecular complexity index is 806. The number of rotatable bonds is 7. The molecule has 0 aliphatic rings. The predicted octanol–water partition coefficient (Wildman–Crippen LogP) is 3.76. The van der Waals surface area contributed by atoms with Crippen molar-refractivity contribution in [3.63, 3.8) is 0 Å². The summed E-state index contributed by atoms with van der Waals surface area (Å²) in [5.41, 5.74) is 2.46. The minimum atomic E-state index is 0.861. The number of benzene rings is 2. The van der Waals surface area contributed by atoms with E-state index < -0.39 is 0 Å². The van der Waals surface area contributed by atoms with Crippen molar-refractivity contribution in [1.82, 2.24) is 19.7 Å². The largest absolute Gasteiger partial charge is 0.302 e. The summed E-state index contributed by atoms with van der Waals surface area (Å²) in [4.78, 5) is 2.31. The first kappa shape index (κ1) is 17.1. The molecule has 25 heavy (non-hydrogen) atoms. The van der Waals surface area contributed by atoms with Gasteiger partial charge in [0.25, 0.3) is 0 Å². The molecule has 4 nitrogen and oxygen atoms in total. The van der Waals surface area contributed by atoms with Crippen LogP contribution in [0.5, 0.6) is 0 Å². The Hall–Kier alpha value is -2.72. The molecule has 0 aliphatic carbocycles. The van der Waals surface area contributed by atoms with Gasteiger partial charge in [0, 0.05) is 18.8 Å². The van der Waals surface area contributed by atoms with E-state index in [1.54, 1.807) is 0 Å². The van der Waals surface area contributed by atoms with Crippen LogP contribution in [0.3, 0.4) is 0 Å². The Morgan fingerprint density at radius 1 is 0.960 bits per heavy atom. The van der Waals surface area contributed by atoms with Gasteiger partial charge in [0.2, 0.25) is 0 Å². The fourth-order valence-corrected chi connectivity index (χ4v) is 2.78. The minimum absolute atomic E-state index is 0.861. The van der Waals surface area contributed by atoms with E-state index in [1.807, 2.05) is 31.2 Å². The molecule has 0 spiro atoms. The van der Waals surface area contributed by atoms with E-state index in [0.717, 1.165) is 36.8 Å². The van der Waals surface area contributed by atoms with Gasteiger partial charge < -0.3 is 4.90 Å². The molecule has 0 saturated heterocycles. The Kier molecular flexibility index (Phi) is 5.75. The van der Waals surface area contributed by atoms with Crippen molar-refractivity contribution in [2.75, 3.05) is 20.1 Å². The van der Waals surface area contributed by atoms with Gasteiger partial charge in [-0.15, -0.1) is 10.2 Å². The standard InChI is InChI=1S/C21H24N4/c1-18-22-23-21(25(18)20-12-7-4-8-13-20)14-9-16-24(2)17-15-19-10-5-3-6-11-19/h3-14H,15-17H2,1-2H3. The van der Waals surface area contributed by atoms with Crippen molar-refractivity contribution in [2.24, 2.45) is 0 Å². The first-order valence-electron chi connectivity index (χ1n) is 8.60. The molecule has 3 aromatic rings. The summed E-state index contributed by atoms with van der Waals surface area (Å²) in [5.74, 6) is 1.75. The highest BCUT2D eigenvalue weighted by Gasteiger charge is 2.07. The molecule has 0 radical (unpaired) electrons. The highest BCUT2D eigenvalue weighted by atomic mass is 15.3. The zero-order valence-corrected chi connectivity index (χ0v) is 14.8. The van der Waals surface area contributed by atoms with E-state index in [0.29, 0.717) is 0 Å². The van der Waals surface area contributed by atoms with Gasteiger partial charge in [0.1, 0.15) is 5.82 Å². The number of para-hydroxylation sites is 1. The number of aryl methyl sites for hydroxylation is 1. The number of aromatic nitrogens is 3. The van der Waals surface area contributed by atoms with Gasteiger partial charge in [0.15, 0.2) is 5.82 Å². The summed E-state index contributed by atoms with van der Waals surface area (Å²) < 4.78 is 2.07. The second-order valence-electron chi connectivity index (χ2n) is 6.18. The van der Waals surface area contributed by atoms with Crippen molar-refractivity contribution in [2.45, 2.75) is 13.3 Å². The lowest BCUT2D eigenvalue weighted by atomic mass is 10.1. The fourth-order valence-electron chi connectivity index (χ4n) is 2.78. The Morgan fingerprint density at radius 2 is 1.64 bits per heavy atom. The van der Waals surface area contributed by atoms with E-state index in [9.17, 15) is 0 Å². The summed E-state index contributed by atoms with van der Waals surface area (Å²) >= 11 is 0. The SMILES string of the molecule is Cc1nnc(C=CCN(C)CCc2ccccc2)n1-c1ccccc1. The van der Waals surface area contributed by atoms with Crippen molar-refractivity contribution in [3.05, 3.63) is 84.0 Å². The molecule has 2 aromatic carbocycles. The maximum absolute atomic E-state index is 4.29. The third-order valence-corrected chi connectivity index (χ3v) is 4.17. The minimum Gasteiger partial charge on any atom is -0.302 e. The molecule has 0 saturated carbocycles. The molecule has 0 aliphatic heterocycles. The predicted molar refractivity (Wildman–Crippen MR) is 103 cm³/mol. The van der Waals surface area contributed by atoms with Gasteiger partial charge >= 0.3 is 0 Å². The highest BCUT2D eigenvalue weighted by Crippen LogP contribution is 2.13. The molecule has 0 atom stereocenters. The van der Waals surface area contributed by atoms with Crippen LogP contribution in [0.4, 0.5) is 0 Å². The lowest BCUT2D eigenvalue weighted by Crippen LogP contribution is -2.21. The van der Waals surface area contributed by atoms with Crippen molar-refractivity contribution in [3.8, 4) is 5.69 Å². The first-order valence-corrected chi connectivity index (χ1v) is 8.60. The van der Waals surface area contributed by atoms with Crippen LogP contribution in [0, 0.1) is 6.92 Å². The second-order valence-corrected chi connectivity index (χ2v) is 6.18. The quantitative estimate of drug-likeness (QED) is 0.660. The van der Waals surface area contributed by atoms with Crippen LogP contribution in [0.2, 0.25) is 0 Å². The molecular formula is C21H24N4. The molecule has 0 N–H and O–H groups in total. The molecule has 3 rings (SSSR count). The van der Waals surface area contributed by atoms with E-state index in [-0.39, 0.29) is 0 Å². The molecule has 0 unspecified atom stereocenters. The molecule has 0 fully saturated rings. The Morgan fingerprint density at radius 3 is 2.36 bits per heavy atom. The molecule has 1 aromatic heterocycles. The summed E-state index contributed by atoms with van der Waals surface area (Å²) in [6.07, 6.45) is 5.25. The van der Waals surface area contributed by atoms with Crippen LogP contribution in [-0.4, -0.2) is 39.8 Å². The zero-order chi connectivity index (χ0) is 17.5. The summed E-state index contributed by atoms with van der Waals surface area (Å²) in [5, 5.41) is 8.50. The number of hydrogen-bond acceptors (Lipinski definition) is 3. The lowest BCUT2D eigenvalue weighted by Gasteiger charge is -2.14. The maximum Gasteiger partial charge on any atom is 0.160 e. The van der Waals surface area contributed by atoms with Crippen LogP contribution in [0.25, 0.3) is 11.8 Å². The van der Waals surface area contributed by atoms with Gasteiger partial charge in [-0.1, -0.05) is 54.6 Å². The maximum atomic E-state index is 4.29. The van der Waals surface area contributed by atoms with Crippen LogP contribution in [-0.2, 0) is 6.42 Å². The van der Waals surface area contributed by atoms with Crippen LogP contribution in [0.15, 0.2) is 66.7 Å². The molecular weight excluding hydrogens is 308 g/mol. The van der Waals surface area contributed by atoms with Gasteiger partial charge in [-0.25, -0.2) is 0 Å². The van der Waals surface area contributed by atoms with Crippen LogP contribution < -0.4 is 0 Å². The Balaban J connectivity index is 1.59. The van der Waals surface area contributed by atoms with Crippen molar-refractivity contribution >= 4 is 6.08 Å². The van der Waals surface area contributed by atoms with Gasteiger partial charge in [-0.05, 0) is 44.2 Å². The second kappa shape index (κ2) is 8.40. The van der Waals surface area contributed by atoms with E-state index in [2.05, 4.69) is 75.3 Å². The van der Waals surface area contributed by atoms with Gasteiger partial charge in [-0.3, -0.25) is 4.57 Å². The highest BCUT2D eigenvalue weighted by molar-refractivity contribution is 5.46. The molecule has 128 valence electrons. The molecule has 1 heterocycles. The number of hydrogen-bond donors (Lipinski definition) is 0. The van der Waals surface area contributed by atoms with Gasteiger partial charge in [-0.2, -0.15) is 0 Å². The van der Waals surface area contributed by atoms with Crippen LogP contribution >= 0.6 is 0 Å². The number of likely N-dealkylation sites (N-methyl/N-ethyl adjacent to an activating group) is 1. The lowest BCUT2D eigenvalue weighted by molar-refractivity contribution is 0.375. The first-order chi connectivity index (χ1) is 12.2. The zero-order valence-electron chi connectivity index (χ0n) is 14.8. The van der Waals surface area contributed by atoms with E-state index in [4.69, 9.17) is 0 Å². The third-order valence-electron chi connectivity index (χ3n) is 4.17. The van der Waals surface area contributed by atoms with E-state index in [1.165, 1.54) is 5.56 Å². The topological polar surface area (TPSA) is 34.0 Å². The monoisotopic (exact) mass is 332 g/mol. The van der Waals surface area contributed by atoms with Crippen LogP contribution in [0.1, 0.15) is 17.2 Å². The smallest absolute Gasteiger partial charge is 0.160 e. The van der Waals surface area contributed by atoms with Gasteiger partial charge in [0.05, 0.1) is 0 Å². The molecule has 0 amide bonds. The Labute approximate surface area is 149 Å². The average molecular weight is 332 g/mol. The number of nitrogens with zero attached hydrogens (tertiary/aromatic N) is 4. The van der Waals surface area contributed by atoms with Crippen molar-refractivity contribution in [1.29, 1.82) is 0 Å². The van der Waals surface area contributed by atoms with E-state index >= 15 is 0 Å².